The number of aryl methyl sites for hydroxylation is 2. The van der Waals surface area contributed by atoms with Gasteiger partial charge in [0, 0.05) is 5.56 Å². The van der Waals surface area contributed by atoms with Gasteiger partial charge in [-0.25, -0.2) is 20.2 Å². The van der Waals surface area contributed by atoms with Crippen LogP contribution in [-0.2, 0) is 0 Å². The largest absolute Gasteiger partial charge is 0.306 e. The van der Waals surface area contributed by atoms with Crippen molar-refractivity contribution < 1.29 is 4.39 Å². The van der Waals surface area contributed by atoms with Crippen LogP contribution in [0.1, 0.15) is 11.3 Å². The number of nitrogens with one attached hydrogen (secondary N) is 1. The molecule has 0 aliphatic carbocycles. The van der Waals surface area contributed by atoms with Crippen LogP contribution in [0, 0.1) is 19.7 Å². The van der Waals surface area contributed by atoms with E-state index in [1.165, 1.54) is 0 Å². The molecule has 1 aromatic carbocycles. The first-order valence-electron chi connectivity index (χ1n) is 5.19. The molecule has 3 N–H and O–H groups in total. The van der Waals surface area contributed by atoms with E-state index in [4.69, 9.17) is 5.84 Å². The first kappa shape index (κ1) is 11.5. The lowest BCUT2D eigenvalue weighted by atomic mass is 10.1. The molecule has 2 aromatic rings. The molecule has 0 radical (unpaired) electrons. The molecule has 0 amide bonds. The van der Waals surface area contributed by atoms with Crippen molar-refractivity contribution in [1.82, 2.24) is 9.97 Å². The van der Waals surface area contributed by atoms with Gasteiger partial charge < -0.3 is 5.43 Å². The third-order valence-electron chi connectivity index (χ3n) is 2.46. The maximum atomic E-state index is 13.5. The number of hydrogen-bond donors (Lipinski definition) is 2. The SMILES string of the molecule is Cc1ccc(-c2nc(C)c(F)c(NN)n2)cc1. The van der Waals surface area contributed by atoms with Gasteiger partial charge in [-0.3, -0.25) is 0 Å². The zero-order valence-electron chi connectivity index (χ0n) is 9.66. The number of nitrogens with two attached hydrogens (primary N) is 1. The highest BCUT2D eigenvalue weighted by Crippen LogP contribution is 2.20. The lowest BCUT2D eigenvalue weighted by molar-refractivity contribution is 0.606. The molecule has 0 saturated carbocycles. The number of benzene rings is 1. The van der Waals surface area contributed by atoms with Crippen LogP contribution in [0.4, 0.5) is 10.2 Å². The summed E-state index contributed by atoms with van der Waals surface area (Å²) >= 11 is 0. The molecule has 4 nitrogen and oxygen atoms in total. The molecule has 0 bridgehead atoms. The number of aromatic nitrogens is 2. The maximum Gasteiger partial charge on any atom is 0.187 e. The Morgan fingerprint density at radius 1 is 1.12 bits per heavy atom. The second kappa shape index (κ2) is 4.47. The summed E-state index contributed by atoms with van der Waals surface area (Å²) in [4.78, 5) is 8.13. The Morgan fingerprint density at radius 2 is 1.76 bits per heavy atom. The third-order valence-corrected chi connectivity index (χ3v) is 2.46. The van der Waals surface area contributed by atoms with Crippen molar-refractivity contribution in [2.75, 3.05) is 5.43 Å². The van der Waals surface area contributed by atoms with Gasteiger partial charge in [0.2, 0.25) is 0 Å². The van der Waals surface area contributed by atoms with Gasteiger partial charge in [0.15, 0.2) is 17.5 Å². The number of hydrogen-bond acceptors (Lipinski definition) is 4. The van der Waals surface area contributed by atoms with Crippen LogP contribution < -0.4 is 11.3 Å². The van der Waals surface area contributed by atoms with Gasteiger partial charge in [-0.1, -0.05) is 29.8 Å². The minimum Gasteiger partial charge on any atom is -0.306 e. The molecule has 88 valence electrons. The Kier molecular flexibility index (Phi) is 3.01. The van der Waals surface area contributed by atoms with Crippen molar-refractivity contribution in [3.8, 4) is 11.4 Å². The van der Waals surface area contributed by atoms with Gasteiger partial charge in [-0.2, -0.15) is 0 Å². The first-order valence-corrected chi connectivity index (χ1v) is 5.19. The second-order valence-electron chi connectivity index (χ2n) is 3.81. The van der Waals surface area contributed by atoms with E-state index in [1.54, 1.807) is 6.92 Å². The quantitative estimate of drug-likeness (QED) is 0.615. The van der Waals surface area contributed by atoms with Gasteiger partial charge >= 0.3 is 0 Å². The van der Waals surface area contributed by atoms with E-state index in [2.05, 4.69) is 15.4 Å². The maximum absolute atomic E-state index is 13.5. The van der Waals surface area contributed by atoms with Crippen molar-refractivity contribution in [1.29, 1.82) is 0 Å². The molecule has 0 aliphatic rings. The zero-order valence-corrected chi connectivity index (χ0v) is 9.66. The van der Waals surface area contributed by atoms with Crippen molar-refractivity contribution >= 4 is 5.82 Å². The van der Waals surface area contributed by atoms with Crippen LogP contribution in [0.25, 0.3) is 11.4 Å². The predicted molar refractivity (Wildman–Crippen MR) is 64.7 cm³/mol. The normalized spacial score (nSPS) is 10.4. The molecule has 5 heteroatoms. The lowest BCUT2D eigenvalue weighted by Gasteiger charge is -2.07. The molecular weight excluding hydrogens is 219 g/mol. The smallest absolute Gasteiger partial charge is 0.187 e. The molecule has 0 spiro atoms. The van der Waals surface area contributed by atoms with Gasteiger partial charge in [0.1, 0.15) is 0 Å². The lowest BCUT2D eigenvalue weighted by Crippen LogP contribution is -2.13. The zero-order chi connectivity index (χ0) is 12.4. The van der Waals surface area contributed by atoms with Crippen LogP contribution in [0.15, 0.2) is 24.3 Å². The number of rotatable bonds is 2. The summed E-state index contributed by atoms with van der Waals surface area (Å²) < 4.78 is 13.5. The van der Waals surface area contributed by atoms with Gasteiger partial charge in [0.25, 0.3) is 0 Å². The average molecular weight is 232 g/mol. The highest BCUT2D eigenvalue weighted by Gasteiger charge is 2.11. The Bertz CT molecular complexity index is 537. The molecule has 0 unspecified atom stereocenters. The van der Waals surface area contributed by atoms with Gasteiger partial charge in [-0.15, -0.1) is 0 Å². The van der Waals surface area contributed by atoms with Gasteiger partial charge in [0.05, 0.1) is 5.69 Å². The molecule has 0 aliphatic heterocycles. The summed E-state index contributed by atoms with van der Waals surface area (Å²) in [6.45, 7) is 3.57. The molecule has 0 saturated heterocycles. The summed E-state index contributed by atoms with van der Waals surface area (Å²) in [6.07, 6.45) is 0. The van der Waals surface area contributed by atoms with Gasteiger partial charge in [-0.05, 0) is 13.8 Å². The van der Waals surface area contributed by atoms with Crippen molar-refractivity contribution in [2.45, 2.75) is 13.8 Å². The summed E-state index contributed by atoms with van der Waals surface area (Å²) in [7, 11) is 0. The fourth-order valence-corrected chi connectivity index (χ4v) is 1.49. The minimum atomic E-state index is -0.525. The number of halogens is 1. The van der Waals surface area contributed by atoms with Crippen molar-refractivity contribution in [3.63, 3.8) is 0 Å². The van der Waals surface area contributed by atoms with E-state index < -0.39 is 5.82 Å². The van der Waals surface area contributed by atoms with E-state index >= 15 is 0 Å². The molecular formula is C12H13FN4. The summed E-state index contributed by atoms with van der Waals surface area (Å²) in [5.41, 5.74) is 4.47. The summed E-state index contributed by atoms with van der Waals surface area (Å²) in [5, 5.41) is 0. The number of anilines is 1. The van der Waals surface area contributed by atoms with E-state index in [1.807, 2.05) is 31.2 Å². The standard InChI is InChI=1S/C12H13FN4/c1-7-3-5-9(6-4-7)11-15-8(2)10(13)12(16-11)17-14/h3-6H,14H2,1-2H3,(H,15,16,17). The number of nitrogens with zero attached hydrogens (tertiary/aromatic N) is 2. The Hall–Kier alpha value is -2.01. The minimum absolute atomic E-state index is 0.00748. The summed E-state index contributed by atoms with van der Waals surface area (Å²) in [6, 6.07) is 7.68. The van der Waals surface area contributed by atoms with E-state index in [0.717, 1.165) is 11.1 Å². The number of nitrogen functional groups attached to an aromatic ring is 1. The molecule has 0 atom stereocenters. The molecule has 2 rings (SSSR count). The topological polar surface area (TPSA) is 63.8 Å². The average Bonchev–Trinajstić information content (AvgIpc) is 2.33. The van der Waals surface area contributed by atoms with Crippen LogP contribution in [0.5, 0.6) is 0 Å². The Balaban J connectivity index is 2.52. The summed E-state index contributed by atoms with van der Waals surface area (Å²) in [5.74, 6) is 5.15. The van der Waals surface area contributed by atoms with E-state index in [0.29, 0.717) is 5.82 Å². The van der Waals surface area contributed by atoms with Crippen LogP contribution in [0.2, 0.25) is 0 Å². The molecule has 0 fully saturated rings. The number of hydrazine groups is 1. The molecule has 1 aromatic heterocycles. The highest BCUT2D eigenvalue weighted by molar-refractivity contribution is 5.58. The van der Waals surface area contributed by atoms with Crippen LogP contribution in [0.3, 0.4) is 0 Å². The predicted octanol–water partition coefficient (Wildman–Crippen LogP) is 2.19. The Labute approximate surface area is 98.7 Å². The highest BCUT2D eigenvalue weighted by atomic mass is 19.1. The van der Waals surface area contributed by atoms with Crippen LogP contribution in [-0.4, -0.2) is 9.97 Å². The molecule has 1 heterocycles. The Morgan fingerprint density at radius 3 is 2.35 bits per heavy atom. The monoisotopic (exact) mass is 232 g/mol. The second-order valence-corrected chi connectivity index (χ2v) is 3.81. The van der Waals surface area contributed by atoms with Crippen molar-refractivity contribution in [2.24, 2.45) is 5.84 Å². The van der Waals surface area contributed by atoms with E-state index in [9.17, 15) is 4.39 Å². The fraction of sp³-hybridized carbons (Fsp3) is 0.167. The molecule has 17 heavy (non-hydrogen) atoms. The first-order chi connectivity index (χ1) is 8.11. The van der Waals surface area contributed by atoms with Crippen LogP contribution >= 0.6 is 0 Å². The van der Waals surface area contributed by atoms with E-state index in [-0.39, 0.29) is 11.5 Å². The third kappa shape index (κ3) is 2.24. The van der Waals surface area contributed by atoms with Crippen molar-refractivity contribution in [3.05, 3.63) is 41.3 Å². The fourth-order valence-electron chi connectivity index (χ4n) is 1.49.